The highest BCUT2D eigenvalue weighted by Crippen LogP contribution is 2.29. The highest BCUT2D eigenvalue weighted by Gasteiger charge is 2.23. The maximum Gasteiger partial charge on any atom is 0.270 e. The molecule has 0 saturated carbocycles. The van der Waals surface area contributed by atoms with Crippen LogP contribution in [0.3, 0.4) is 0 Å². The molecule has 9 heteroatoms. The Kier molecular flexibility index (Phi) is 7.24. The largest absolute Gasteiger partial charge is 0.279 e. The Morgan fingerprint density at radius 2 is 1.70 bits per heavy atom. The number of allylic oxidation sites excluding steroid dienone is 1. The van der Waals surface area contributed by atoms with Crippen LogP contribution < -0.4 is 10.1 Å². The number of aryl methyl sites for hydroxylation is 2. The minimum Gasteiger partial charge on any atom is -0.279 e. The van der Waals surface area contributed by atoms with Gasteiger partial charge in [-0.25, -0.2) is 8.42 Å². The van der Waals surface area contributed by atoms with Gasteiger partial charge in [0.15, 0.2) is 0 Å². The van der Waals surface area contributed by atoms with Gasteiger partial charge in [-0.2, -0.15) is 5.10 Å². The third-order valence-corrected chi connectivity index (χ3v) is 6.14. The second-order valence-corrected chi connectivity index (χ2v) is 9.18. The lowest BCUT2D eigenvalue weighted by molar-refractivity contribution is -0.385. The topological polar surface area (TPSA) is 114 Å². The molecular weight excluding hydrogens is 440 g/mol. The van der Waals surface area contributed by atoms with Gasteiger partial charge in [-0.1, -0.05) is 54.1 Å². The van der Waals surface area contributed by atoms with Crippen molar-refractivity contribution in [2.75, 3.05) is 10.1 Å². The van der Waals surface area contributed by atoms with E-state index >= 15 is 0 Å². The van der Waals surface area contributed by atoms with E-state index in [2.05, 4.69) is 15.2 Å². The van der Waals surface area contributed by atoms with Crippen molar-refractivity contribution < 1.29 is 13.3 Å². The third-order valence-electron chi connectivity index (χ3n) is 4.74. The van der Waals surface area contributed by atoms with Crippen molar-refractivity contribution in [3.63, 3.8) is 0 Å². The van der Waals surface area contributed by atoms with E-state index in [0.29, 0.717) is 5.69 Å². The van der Waals surface area contributed by atoms with Gasteiger partial charge in [0.1, 0.15) is 4.90 Å². The van der Waals surface area contributed by atoms with Crippen LogP contribution in [0.1, 0.15) is 23.6 Å². The summed E-state index contributed by atoms with van der Waals surface area (Å²) in [6, 6.07) is 18.5. The molecule has 0 aliphatic carbocycles. The summed E-state index contributed by atoms with van der Waals surface area (Å²) in [5, 5.41) is 15.4. The van der Waals surface area contributed by atoms with Gasteiger partial charge in [0, 0.05) is 12.1 Å². The summed E-state index contributed by atoms with van der Waals surface area (Å²) in [5.41, 5.74) is 6.41. The summed E-state index contributed by atoms with van der Waals surface area (Å²) >= 11 is 0. The molecule has 170 valence electrons. The van der Waals surface area contributed by atoms with E-state index in [4.69, 9.17) is 0 Å². The Morgan fingerprint density at radius 3 is 2.36 bits per heavy atom. The molecule has 0 atom stereocenters. The molecule has 0 heterocycles. The number of anilines is 2. The quantitative estimate of drug-likeness (QED) is 0.259. The number of rotatable bonds is 8. The van der Waals surface area contributed by atoms with E-state index in [1.807, 2.05) is 56.3 Å². The van der Waals surface area contributed by atoms with E-state index in [1.165, 1.54) is 12.1 Å². The second kappa shape index (κ2) is 10.1. The van der Waals surface area contributed by atoms with Crippen LogP contribution in [0, 0.1) is 24.0 Å². The van der Waals surface area contributed by atoms with Crippen molar-refractivity contribution >= 4 is 39.4 Å². The molecule has 0 unspecified atom stereocenters. The minimum absolute atomic E-state index is 0.113. The van der Waals surface area contributed by atoms with Gasteiger partial charge in [0.25, 0.3) is 15.7 Å². The van der Waals surface area contributed by atoms with E-state index in [0.717, 1.165) is 28.3 Å². The average Bonchev–Trinajstić information content (AvgIpc) is 2.76. The van der Waals surface area contributed by atoms with Crippen LogP contribution in [0.5, 0.6) is 0 Å². The van der Waals surface area contributed by atoms with E-state index < -0.39 is 14.9 Å². The van der Waals surface area contributed by atoms with E-state index in [-0.39, 0.29) is 16.3 Å². The van der Waals surface area contributed by atoms with Crippen LogP contribution in [-0.2, 0) is 10.0 Å². The first kappa shape index (κ1) is 23.7. The zero-order chi connectivity index (χ0) is 24.0. The van der Waals surface area contributed by atoms with Gasteiger partial charge in [-0.05, 0) is 49.6 Å². The fourth-order valence-electron chi connectivity index (χ4n) is 3.12. The molecule has 0 bridgehead atoms. The molecule has 3 rings (SSSR count). The molecule has 0 spiro atoms. The molecule has 3 aromatic carbocycles. The number of nitro benzene ring substituents is 1. The van der Waals surface area contributed by atoms with Gasteiger partial charge in [0.05, 0.1) is 22.5 Å². The Labute approximate surface area is 192 Å². The molecule has 8 nitrogen and oxygen atoms in total. The first-order valence-electron chi connectivity index (χ1n) is 10.1. The molecule has 33 heavy (non-hydrogen) atoms. The molecule has 0 saturated heterocycles. The normalized spacial score (nSPS) is 12.0. The first-order valence-corrected chi connectivity index (χ1v) is 11.5. The number of benzene rings is 3. The summed E-state index contributed by atoms with van der Waals surface area (Å²) in [6.07, 6.45) is 3.46. The van der Waals surface area contributed by atoms with Crippen LogP contribution in [0.4, 0.5) is 17.1 Å². The van der Waals surface area contributed by atoms with Crippen molar-refractivity contribution in [2.24, 2.45) is 5.10 Å². The Morgan fingerprint density at radius 1 is 1.00 bits per heavy atom. The number of sulfonamides is 1. The molecule has 0 aromatic heterocycles. The molecule has 0 radical (unpaired) electrons. The molecule has 0 fully saturated rings. The smallest absolute Gasteiger partial charge is 0.270 e. The second-order valence-electron chi connectivity index (χ2n) is 7.53. The highest BCUT2D eigenvalue weighted by atomic mass is 32.2. The number of hydrazone groups is 1. The van der Waals surface area contributed by atoms with Crippen molar-refractivity contribution in [1.29, 1.82) is 0 Å². The number of hydrogen-bond donors (Lipinski definition) is 2. The molecule has 0 amide bonds. The number of nitrogens with zero attached hydrogens (tertiary/aromatic N) is 2. The lowest BCUT2D eigenvalue weighted by atomic mass is 10.1. The first-order chi connectivity index (χ1) is 15.7. The standard InChI is InChI=1S/C24H24N4O4S/c1-17-9-11-22(19(3)13-17)27-33(31,32)24-15-21(28(29)30)10-12-23(24)26-25-16-18(2)14-20-7-5-4-6-8-20/h4-16,26-27H,1-3H3. The van der Waals surface area contributed by atoms with Crippen LogP contribution in [0.2, 0.25) is 0 Å². The van der Waals surface area contributed by atoms with Crippen molar-refractivity contribution in [3.8, 4) is 0 Å². The number of nitrogens with one attached hydrogen (secondary N) is 2. The van der Waals surface area contributed by atoms with Crippen LogP contribution in [0.15, 0.2) is 82.3 Å². The Balaban J connectivity index is 1.91. The maximum absolute atomic E-state index is 13.1. The van der Waals surface area contributed by atoms with Gasteiger partial charge in [-0.3, -0.25) is 20.3 Å². The van der Waals surface area contributed by atoms with Crippen molar-refractivity contribution in [3.05, 3.63) is 99.1 Å². The number of hydrogen-bond acceptors (Lipinski definition) is 6. The molecule has 2 N–H and O–H groups in total. The van der Waals surface area contributed by atoms with E-state index in [1.54, 1.807) is 25.3 Å². The molecule has 0 aliphatic rings. The summed E-state index contributed by atoms with van der Waals surface area (Å²) in [4.78, 5) is 10.3. The van der Waals surface area contributed by atoms with Gasteiger partial charge >= 0.3 is 0 Å². The van der Waals surface area contributed by atoms with Crippen LogP contribution >= 0.6 is 0 Å². The fourth-order valence-corrected chi connectivity index (χ4v) is 4.43. The lowest BCUT2D eigenvalue weighted by Gasteiger charge is -2.14. The number of nitro groups is 1. The molecule has 3 aromatic rings. The van der Waals surface area contributed by atoms with E-state index in [9.17, 15) is 18.5 Å². The predicted molar refractivity (Wildman–Crippen MR) is 132 cm³/mol. The predicted octanol–water partition coefficient (Wildman–Crippen LogP) is 5.51. The molecular formula is C24H24N4O4S. The zero-order valence-corrected chi connectivity index (χ0v) is 19.3. The monoisotopic (exact) mass is 464 g/mol. The lowest BCUT2D eigenvalue weighted by Crippen LogP contribution is -2.16. The maximum atomic E-state index is 13.1. The van der Waals surface area contributed by atoms with Crippen molar-refractivity contribution in [1.82, 2.24) is 0 Å². The zero-order valence-electron chi connectivity index (χ0n) is 18.4. The summed E-state index contributed by atoms with van der Waals surface area (Å²) in [6.45, 7) is 5.54. The SMILES string of the molecule is CC(C=NNc1ccc([N+](=O)[O-])cc1S(=O)(=O)Nc1ccc(C)cc1C)=Cc1ccccc1. The Bertz CT molecular complexity index is 1330. The van der Waals surface area contributed by atoms with Crippen LogP contribution in [-0.4, -0.2) is 19.6 Å². The van der Waals surface area contributed by atoms with Crippen molar-refractivity contribution in [2.45, 2.75) is 25.7 Å². The molecule has 0 aliphatic heterocycles. The van der Waals surface area contributed by atoms with Gasteiger partial charge < -0.3 is 0 Å². The minimum atomic E-state index is -4.14. The highest BCUT2D eigenvalue weighted by molar-refractivity contribution is 7.92. The number of non-ortho nitro benzene ring substituents is 1. The summed E-state index contributed by atoms with van der Waals surface area (Å²) < 4.78 is 28.8. The van der Waals surface area contributed by atoms with Gasteiger partial charge in [0.2, 0.25) is 0 Å². The fraction of sp³-hybridized carbons (Fsp3) is 0.125. The summed E-state index contributed by atoms with van der Waals surface area (Å²) in [7, 11) is -4.14. The summed E-state index contributed by atoms with van der Waals surface area (Å²) in [5.74, 6) is 0. The third kappa shape index (κ3) is 6.27. The van der Waals surface area contributed by atoms with Crippen LogP contribution in [0.25, 0.3) is 6.08 Å². The Hall–Kier alpha value is -3.98. The average molecular weight is 465 g/mol. The van der Waals surface area contributed by atoms with Gasteiger partial charge in [-0.15, -0.1) is 0 Å².